The zero-order chi connectivity index (χ0) is 21.9. The highest BCUT2D eigenvalue weighted by Crippen LogP contribution is 2.23. The van der Waals surface area contributed by atoms with Gasteiger partial charge in [-0.05, 0) is 31.9 Å². The van der Waals surface area contributed by atoms with Gasteiger partial charge in [-0.15, -0.1) is 0 Å². The van der Waals surface area contributed by atoms with Crippen molar-refractivity contribution in [1.29, 1.82) is 0 Å². The van der Waals surface area contributed by atoms with Gasteiger partial charge in [-0.2, -0.15) is 4.31 Å². The lowest BCUT2D eigenvalue weighted by atomic mass is 9.94. The molecule has 7 nitrogen and oxygen atoms in total. The Hall–Kier alpha value is -2.19. The third kappa shape index (κ3) is 5.49. The number of piperidine rings is 1. The Morgan fingerprint density at radius 1 is 1.20 bits per heavy atom. The molecule has 8 heteroatoms. The largest absolute Gasteiger partial charge is 0.445 e. The third-order valence-corrected chi connectivity index (χ3v) is 7.25. The second-order valence-corrected chi connectivity index (χ2v) is 10.9. The highest BCUT2D eigenvalue weighted by molar-refractivity contribution is 7.89. The summed E-state index contributed by atoms with van der Waals surface area (Å²) in [4.78, 5) is 16.9. The Morgan fingerprint density at radius 2 is 1.83 bits per heavy atom. The van der Waals surface area contributed by atoms with Crippen LogP contribution in [0.25, 0.3) is 0 Å². The number of benzene rings is 1. The van der Waals surface area contributed by atoms with Crippen molar-refractivity contribution in [3.63, 3.8) is 0 Å². The van der Waals surface area contributed by atoms with E-state index in [4.69, 9.17) is 4.42 Å². The van der Waals surface area contributed by atoms with Gasteiger partial charge in [0.15, 0.2) is 5.89 Å². The molecular formula is C22H31N3O4S. The van der Waals surface area contributed by atoms with Crippen LogP contribution in [0.2, 0.25) is 0 Å². The van der Waals surface area contributed by atoms with Gasteiger partial charge in [0, 0.05) is 37.4 Å². The van der Waals surface area contributed by atoms with Gasteiger partial charge in [-0.25, -0.2) is 13.4 Å². The first-order valence-corrected chi connectivity index (χ1v) is 11.8. The smallest absolute Gasteiger partial charge is 0.243 e. The van der Waals surface area contributed by atoms with Crippen LogP contribution >= 0.6 is 0 Å². The first-order chi connectivity index (χ1) is 14.1. The molecule has 3 rings (SSSR count). The second kappa shape index (κ2) is 8.89. The summed E-state index contributed by atoms with van der Waals surface area (Å²) in [5, 5.41) is 3.02. The van der Waals surface area contributed by atoms with E-state index in [0.29, 0.717) is 49.6 Å². The van der Waals surface area contributed by atoms with Crippen LogP contribution in [0.5, 0.6) is 0 Å². The van der Waals surface area contributed by atoms with E-state index < -0.39 is 10.0 Å². The topological polar surface area (TPSA) is 92.5 Å². The Balaban J connectivity index is 1.46. The Morgan fingerprint density at radius 3 is 2.40 bits per heavy atom. The van der Waals surface area contributed by atoms with Crippen molar-refractivity contribution in [3.05, 3.63) is 47.7 Å². The van der Waals surface area contributed by atoms with E-state index in [-0.39, 0.29) is 17.4 Å². The average molecular weight is 434 g/mol. The Kier molecular flexibility index (Phi) is 6.67. The maximum Gasteiger partial charge on any atom is 0.243 e. The number of sulfonamides is 1. The summed E-state index contributed by atoms with van der Waals surface area (Å²) in [5.41, 5.74) is 0.912. The number of hydrogen-bond acceptors (Lipinski definition) is 5. The standard InChI is InChI=1S/C22H31N3O4S/c1-16-5-7-18(8-6-16)30(27,28)25-13-11-17(12-14-25)24-20(26)9-10-21-23-15-19(29-21)22(2,3)4/h5-8,15,17H,9-14H2,1-4H3,(H,24,26). The fourth-order valence-corrected chi connectivity index (χ4v) is 4.86. The molecule has 1 aliphatic heterocycles. The van der Waals surface area contributed by atoms with Gasteiger partial charge in [0.1, 0.15) is 5.76 Å². The molecule has 1 aliphatic rings. The van der Waals surface area contributed by atoms with Crippen LogP contribution < -0.4 is 5.32 Å². The van der Waals surface area contributed by atoms with Gasteiger partial charge in [-0.1, -0.05) is 38.5 Å². The minimum absolute atomic E-state index is 0.0170. The van der Waals surface area contributed by atoms with E-state index in [2.05, 4.69) is 31.1 Å². The molecule has 0 radical (unpaired) electrons. The molecule has 1 aromatic carbocycles. The van der Waals surface area contributed by atoms with Gasteiger partial charge in [0.25, 0.3) is 0 Å². The normalized spacial score (nSPS) is 16.5. The lowest BCUT2D eigenvalue weighted by molar-refractivity contribution is -0.122. The van der Waals surface area contributed by atoms with E-state index in [1.807, 2.05) is 6.92 Å². The van der Waals surface area contributed by atoms with Crippen molar-refractivity contribution in [1.82, 2.24) is 14.6 Å². The van der Waals surface area contributed by atoms with E-state index in [1.165, 1.54) is 4.31 Å². The molecule has 0 saturated carbocycles. The number of aryl methyl sites for hydroxylation is 2. The summed E-state index contributed by atoms with van der Waals surface area (Å²) in [5.74, 6) is 1.31. The monoisotopic (exact) mass is 433 g/mol. The van der Waals surface area contributed by atoms with E-state index >= 15 is 0 Å². The minimum atomic E-state index is -3.49. The predicted molar refractivity (Wildman–Crippen MR) is 115 cm³/mol. The highest BCUT2D eigenvalue weighted by atomic mass is 32.2. The van der Waals surface area contributed by atoms with Gasteiger partial charge < -0.3 is 9.73 Å². The van der Waals surface area contributed by atoms with Crippen molar-refractivity contribution >= 4 is 15.9 Å². The number of nitrogens with zero attached hydrogens (tertiary/aromatic N) is 2. The predicted octanol–water partition coefficient (Wildman–Crippen LogP) is 3.18. The van der Waals surface area contributed by atoms with Gasteiger partial charge in [0.2, 0.25) is 15.9 Å². The summed E-state index contributed by atoms with van der Waals surface area (Å²) >= 11 is 0. The van der Waals surface area contributed by atoms with Crippen LogP contribution in [0.1, 0.15) is 57.2 Å². The molecule has 2 aromatic rings. The molecule has 0 atom stereocenters. The maximum atomic E-state index is 12.8. The van der Waals surface area contributed by atoms with Crippen molar-refractivity contribution in [2.24, 2.45) is 0 Å². The third-order valence-electron chi connectivity index (χ3n) is 5.34. The summed E-state index contributed by atoms with van der Waals surface area (Å²) in [7, 11) is -3.49. The Bertz CT molecular complexity index is 967. The SMILES string of the molecule is Cc1ccc(S(=O)(=O)N2CCC(NC(=O)CCc3ncc(C(C)(C)C)o3)CC2)cc1. The van der Waals surface area contributed by atoms with Crippen molar-refractivity contribution in [3.8, 4) is 0 Å². The number of oxazole rings is 1. The summed E-state index contributed by atoms with van der Waals surface area (Å²) in [6.45, 7) is 8.88. The van der Waals surface area contributed by atoms with E-state index in [0.717, 1.165) is 11.3 Å². The van der Waals surface area contributed by atoms with Gasteiger partial charge in [0.05, 0.1) is 11.1 Å². The molecule has 0 unspecified atom stereocenters. The van der Waals surface area contributed by atoms with E-state index in [9.17, 15) is 13.2 Å². The van der Waals surface area contributed by atoms with E-state index in [1.54, 1.807) is 30.5 Å². The molecule has 1 amide bonds. The zero-order valence-electron chi connectivity index (χ0n) is 18.1. The molecular weight excluding hydrogens is 402 g/mol. The zero-order valence-corrected chi connectivity index (χ0v) is 19.0. The van der Waals surface area contributed by atoms with Gasteiger partial charge in [-0.3, -0.25) is 4.79 Å². The summed E-state index contributed by atoms with van der Waals surface area (Å²) < 4.78 is 32.8. The number of amides is 1. The molecule has 0 spiro atoms. The molecule has 1 N–H and O–H groups in total. The molecule has 1 saturated heterocycles. The number of hydrogen-bond donors (Lipinski definition) is 1. The van der Waals surface area contributed by atoms with Crippen LogP contribution in [0.15, 0.2) is 39.8 Å². The average Bonchev–Trinajstić information content (AvgIpc) is 3.17. The molecule has 164 valence electrons. The minimum Gasteiger partial charge on any atom is -0.445 e. The Labute approximate surface area is 178 Å². The number of aromatic nitrogens is 1. The fourth-order valence-electron chi connectivity index (χ4n) is 3.39. The van der Waals surface area contributed by atoms with Crippen LogP contribution in [0.3, 0.4) is 0 Å². The first kappa shape index (κ1) is 22.5. The van der Waals surface area contributed by atoms with Crippen molar-refractivity contribution in [2.75, 3.05) is 13.1 Å². The molecule has 0 bridgehead atoms. The lowest BCUT2D eigenvalue weighted by Crippen LogP contribution is -2.46. The molecule has 0 aliphatic carbocycles. The molecule has 1 aromatic heterocycles. The first-order valence-electron chi connectivity index (χ1n) is 10.4. The van der Waals surface area contributed by atoms with Crippen LogP contribution in [0.4, 0.5) is 0 Å². The molecule has 1 fully saturated rings. The van der Waals surface area contributed by atoms with Crippen molar-refractivity contribution in [2.45, 2.75) is 69.7 Å². The van der Waals surface area contributed by atoms with Gasteiger partial charge >= 0.3 is 0 Å². The number of nitrogens with one attached hydrogen (secondary N) is 1. The van der Waals surface area contributed by atoms with Crippen molar-refractivity contribution < 1.29 is 17.6 Å². The highest BCUT2D eigenvalue weighted by Gasteiger charge is 2.30. The summed E-state index contributed by atoms with van der Waals surface area (Å²) in [6.07, 6.45) is 3.67. The lowest BCUT2D eigenvalue weighted by Gasteiger charge is -2.31. The fraction of sp³-hybridized carbons (Fsp3) is 0.545. The molecule has 30 heavy (non-hydrogen) atoms. The number of carbonyl (C=O) groups is 1. The van der Waals surface area contributed by atoms with Crippen LogP contribution in [-0.2, 0) is 26.7 Å². The second-order valence-electron chi connectivity index (χ2n) is 8.93. The summed E-state index contributed by atoms with van der Waals surface area (Å²) in [6, 6.07) is 6.88. The number of carbonyl (C=O) groups excluding carboxylic acids is 1. The van der Waals surface area contributed by atoms with Crippen LogP contribution in [-0.4, -0.2) is 42.7 Å². The maximum absolute atomic E-state index is 12.8. The number of rotatable bonds is 6. The quantitative estimate of drug-likeness (QED) is 0.755. The van der Waals surface area contributed by atoms with Crippen LogP contribution in [0, 0.1) is 6.92 Å². The molecule has 2 heterocycles.